The summed E-state index contributed by atoms with van der Waals surface area (Å²) in [5, 5.41) is 6.58. The average molecular weight is 463 g/mol. The van der Waals surface area contributed by atoms with Gasteiger partial charge in [0.25, 0.3) is 11.8 Å². The Kier molecular flexibility index (Phi) is 6.40. The van der Waals surface area contributed by atoms with E-state index in [1.165, 1.54) is 28.1 Å². The Hall–Kier alpha value is -2.30. The van der Waals surface area contributed by atoms with Crippen molar-refractivity contribution in [2.45, 2.75) is 44.6 Å². The summed E-state index contributed by atoms with van der Waals surface area (Å²) in [6, 6.07) is 3.29. The molecule has 1 fully saturated rings. The summed E-state index contributed by atoms with van der Waals surface area (Å²) < 4.78 is 24.9. The number of sulfonamides is 1. The number of carbonyl (C=O) groups is 2. The van der Waals surface area contributed by atoms with Crippen molar-refractivity contribution in [1.29, 1.82) is 0 Å². The summed E-state index contributed by atoms with van der Waals surface area (Å²) in [7, 11) is -3.21. The van der Waals surface area contributed by atoms with Gasteiger partial charge in [-0.15, -0.1) is 11.3 Å². The van der Waals surface area contributed by atoms with Crippen LogP contribution in [0.2, 0.25) is 0 Å². The van der Waals surface area contributed by atoms with Crippen molar-refractivity contribution in [3.63, 3.8) is 0 Å². The molecule has 2 amide bonds. The number of piperidine rings is 1. The van der Waals surface area contributed by atoms with E-state index in [2.05, 4.69) is 15.6 Å². The number of fused-ring (bicyclic) bond motifs is 1. The minimum atomic E-state index is -3.21. The highest BCUT2D eigenvalue weighted by Gasteiger charge is 2.30. The minimum absolute atomic E-state index is 0.0912. The number of hydrogen-bond donors (Lipinski definition) is 2. The Morgan fingerprint density at radius 3 is 2.58 bits per heavy atom. The number of rotatable bonds is 5. The van der Waals surface area contributed by atoms with Crippen LogP contribution in [0, 0.1) is 0 Å². The number of pyridine rings is 1. The van der Waals surface area contributed by atoms with Crippen LogP contribution >= 0.6 is 11.3 Å². The standard InChI is InChI=1S/C21H26N4O4S2/c1-31(28,29)25-11-8-15(9-12-25)23-20(27)18-16-6-2-3-7-17(16)30-21(18)24-19(26)14-5-4-10-22-13-14/h4-5,10,13,15H,2-3,6-9,11-12H2,1H3,(H,23,27)(H,24,26). The Morgan fingerprint density at radius 2 is 1.90 bits per heavy atom. The number of anilines is 1. The summed E-state index contributed by atoms with van der Waals surface area (Å²) in [6.07, 6.45) is 9.29. The maximum Gasteiger partial charge on any atom is 0.257 e. The summed E-state index contributed by atoms with van der Waals surface area (Å²) in [5.41, 5.74) is 2.03. The minimum Gasteiger partial charge on any atom is -0.349 e. The number of thiophene rings is 1. The Balaban J connectivity index is 1.52. The Morgan fingerprint density at radius 1 is 1.16 bits per heavy atom. The molecule has 0 saturated carbocycles. The molecule has 2 N–H and O–H groups in total. The molecule has 0 spiro atoms. The lowest BCUT2D eigenvalue weighted by atomic mass is 9.94. The molecule has 166 valence electrons. The van der Waals surface area contributed by atoms with Gasteiger partial charge >= 0.3 is 0 Å². The first-order valence-corrected chi connectivity index (χ1v) is 13.1. The lowest BCUT2D eigenvalue weighted by molar-refractivity contribution is 0.0924. The predicted octanol–water partition coefficient (Wildman–Crippen LogP) is 2.43. The molecule has 0 aromatic carbocycles. The van der Waals surface area contributed by atoms with Crippen molar-refractivity contribution in [2.75, 3.05) is 24.7 Å². The van der Waals surface area contributed by atoms with Crippen LogP contribution in [0.25, 0.3) is 0 Å². The third-order valence-electron chi connectivity index (χ3n) is 5.81. The maximum atomic E-state index is 13.3. The van der Waals surface area contributed by atoms with E-state index in [1.54, 1.807) is 18.3 Å². The quantitative estimate of drug-likeness (QED) is 0.709. The van der Waals surface area contributed by atoms with E-state index < -0.39 is 10.0 Å². The molecule has 31 heavy (non-hydrogen) atoms. The van der Waals surface area contributed by atoms with Crippen LogP contribution in [-0.4, -0.2) is 54.9 Å². The topological polar surface area (TPSA) is 108 Å². The zero-order chi connectivity index (χ0) is 22.0. The van der Waals surface area contributed by atoms with Crippen LogP contribution in [0.5, 0.6) is 0 Å². The van der Waals surface area contributed by atoms with Gasteiger partial charge in [-0.3, -0.25) is 14.6 Å². The number of aromatic nitrogens is 1. The molecule has 4 rings (SSSR count). The maximum absolute atomic E-state index is 13.3. The second-order valence-corrected chi connectivity index (χ2v) is 11.1. The summed E-state index contributed by atoms with van der Waals surface area (Å²) >= 11 is 1.48. The van der Waals surface area contributed by atoms with Gasteiger partial charge < -0.3 is 10.6 Å². The highest BCUT2D eigenvalue weighted by Crippen LogP contribution is 2.38. The smallest absolute Gasteiger partial charge is 0.257 e. The first kappa shape index (κ1) is 21.9. The Bertz CT molecular complexity index is 1070. The second-order valence-electron chi connectivity index (χ2n) is 8.02. The van der Waals surface area contributed by atoms with E-state index >= 15 is 0 Å². The molecule has 2 aromatic heterocycles. The molecule has 0 radical (unpaired) electrons. The molecule has 2 aromatic rings. The molecular weight excluding hydrogens is 436 g/mol. The highest BCUT2D eigenvalue weighted by molar-refractivity contribution is 7.88. The fourth-order valence-corrected chi connectivity index (χ4v) is 6.31. The third kappa shape index (κ3) is 4.97. The zero-order valence-corrected chi connectivity index (χ0v) is 19.0. The van der Waals surface area contributed by atoms with Crippen LogP contribution in [0.15, 0.2) is 24.5 Å². The number of nitrogens with one attached hydrogen (secondary N) is 2. The van der Waals surface area contributed by atoms with Crippen LogP contribution in [0.4, 0.5) is 5.00 Å². The van der Waals surface area contributed by atoms with Gasteiger partial charge in [-0.05, 0) is 56.2 Å². The molecule has 0 atom stereocenters. The summed E-state index contributed by atoms with van der Waals surface area (Å²) in [5.74, 6) is -0.485. The van der Waals surface area contributed by atoms with Gasteiger partial charge in [0, 0.05) is 36.4 Å². The van der Waals surface area contributed by atoms with Crippen molar-refractivity contribution in [3.05, 3.63) is 46.1 Å². The van der Waals surface area contributed by atoms with E-state index in [0.29, 0.717) is 42.1 Å². The molecule has 1 aliphatic carbocycles. The van der Waals surface area contributed by atoms with E-state index in [-0.39, 0.29) is 17.9 Å². The fraction of sp³-hybridized carbons (Fsp3) is 0.476. The number of amides is 2. The third-order valence-corrected chi connectivity index (χ3v) is 8.32. The number of nitrogens with zero attached hydrogens (tertiary/aromatic N) is 2. The van der Waals surface area contributed by atoms with Crippen LogP contribution in [-0.2, 0) is 22.9 Å². The van der Waals surface area contributed by atoms with Crippen LogP contribution < -0.4 is 10.6 Å². The van der Waals surface area contributed by atoms with Crippen molar-refractivity contribution >= 4 is 38.2 Å². The number of aryl methyl sites for hydroxylation is 1. The van der Waals surface area contributed by atoms with Crippen molar-refractivity contribution in [2.24, 2.45) is 0 Å². The average Bonchev–Trinajstić information content (AvgIpc) is 3.12. The van der Waals surface area contributed by atoms with Gasteiger partial charge in [-0.25, -0.2) is 12.7 Å². The largest absolute Gasteiger partial charge is 0.349 e. The lowest BCUT2D eigenvalue weighted by Crippen LogP contribution is -2.46. The molecule has 1 saturated heterocycles. The molecular formula is C21H26N4O4S2. The first-order valence-electron chi connectivity index (χ1n) is 10.4. The highest BCUT2D eigenvalue weighted by atomic mass is 32.2. The van der Waals surface area contributed by atoms with E-state index in [4.69, 9.17) is 0 Å². The van der Waals surface area contributed by atoms with Gasteiger partial charge in [-0.1, -0.05) is 0 Å². The molecule has 1 aliphatic heterocycles. The molecule has 0 bridgehead atoms. The van der Waals surface area contributed by atoms with Crippen LogP contribution in [0.1, 0.15) is 56.8 Å². The summed E-state index contributed by atoms with van der Waals surface area (Å²) in [6.45, 7) is 0.798. The van der Waals surface area contributed by atoms with Gasteiger partial charge in [0.15, 0.2) is 0 Å². The van der Waals surface area contributed by atoms with Crippen molar-refractivity contribution in [3.8, 4) is 0 Å². The zero-order valence-electron chi connectivity index (χ0n) is 17.4. The SMILES string of the molecule is CS(=O)(=O)N1CCC(NC(=O)c2c(NC(=O)c3cccnc3)sc3c2CCCC3)CC1. The Labute approximate surface area is 186 Å². The van der Waals surface area contributed by atoms with E-state index in [0.717, 1.165) is 36.1 Å². The molecule has 3 heterocycles. The number of hydrogen-bond acceptors (Lipinski definition) is 6. The van der Waals surface area contributed by atoms with E-state index in [1.807, 2.05) is 0 Å². The second kappa shape index (κ2) is 9.05. The van der Waals surface area contributed by atoms with Gasteiger partial charge in [-0.2, -0.15) is 0 Å². The predicted molar refractivity (Wildman–Crippen MR) is 120 cm³/mol. The van der Waals surface area contributed by atoms with E-state index in [9.17, 15) is 18.0 Å². The first-order chi connectivity index (χ1) is 14.8. The number of carbonyl (C=O) groups excluding carboxylic acids is 2. The molecule has 10 heteroatoms. The molecule has 8 nitrogen and oxygen atoms in total. The molecule has 0 unspecified atom stereocenters. The van der Waals surface area contributed by atoms with Gasteiger partial charge in [0.05, 0.1) is 17.4 Å². The normalized spacial score (nSPS) is 17.7. The van der Waals surface area contributed by atoms with Crippen molar-refractivity contribution < 1.29 is 18.0 Å². The summed E-state index contributed by atoms with van der Waals surface area (Å²) in [4.78, 5) is 31.1. The molecule has 2 aliphatic rings. The van der Waals surface area contributed by atoms with Gasteiger partial charge in [0.2, 0.25) is 10.0 Å². The monoisotopic (exact) mass is 462 g/mol. The fourth-order valence-electron chi connectivity index (χ4n) is 4.16. The van der Waals surface area contributed by atoms with Gasteiger partial charge in [0.1, 0.15) is 5.00 Å². The van der Waals surface area contributed by atoms with Crippen molar-refractivity contribution in [1.82, 2.24) is 14.6 Å². The lowest BCUT2D eigenvalue weighted by Gasteiger charge is -2.30. The van der Waals surface area contributed by atoms with Crippen LogP contribution in [0.3, 0.4) is 0 Å².